The lowest BCUT2D eigenvalue weighted by atomic mass is 9.90. The van der Waals surface area contributed by atoms with Gasteiger partial charge < -0.3 is 0 Å². The van der Waals surface area contributed by atoms with E-state index in [1.807, 2.05) is 36.4 Å². The standard InChI is InChI=1S/C20H15N4/c1-14-12-17(15-8-4-2-5-9-15)13-18(20-21-23-24-22-20)19(14)16-10-6-3-7-11-16/h2-13H,1H3/q+1. The number of benzene rings is 3. The molecule has 114 valence electrons. The van der Waals surface area contributed by atoms with E-state index in [4.69, 9.17) is 0 Å². The molecule has 4 heteroatoms. The van der Waals surface area contributed by atoms with E-state index in [0.717, 1.165) is 27.8 Å². The summed E-state index contributed by atoms with van der Waals surface area (Å²) >= 11 is 0. The van der Waals surface area contributed by atoms with Crippen LogP contribution < -0.4 is 0 Å². The van der Waals surface area contributed by atoms with Gasteiger partial charge in [-0.3, -0.25) is 0 Å². The molecule has 0 spiro atoms. The van der Waals surface area contributed by atoms with Crippen LogP contribution >= 0.6 is 0 Å². The summed E-state index contributed by atoms with van der Waals surface area (Å²) in [5.41, 5.74) is 6.66. The van der Waals surface area contributed by atoms with E-state index in [1.54, 1.807) is 0 Å². The van der Waals surface area contributed by atoms with Gasteiger partial charge in [-0.15, -0.1) is 0 Å². The molecule has 0 aliphatic carbocycles. The highest BCUT2D eigenvalue weighted by atomic mass is 15.6. The zero-order valence-corrected chi connectivity index (χ0v) is 13.2. The molecule has 1 heterocycles. The first-order valence-electron chi connectivity index (χ1n) is 7.77. The molecule has 0 amide bonds. The molecule has 4 rings (SSSR count). The molecule has 0 bridgehead atoms. The van der Waals surface area contributed by atoms with Crippen LogP contribution in [0.3, 0.4) is 0 Å². The maximum absolute atomic E-state index is 4.08. The topological polar surface area (TPSA) is 49.4 Å². The van der Waals surface area contributed by atoms with E-state index in [-0.39, 0.29) is 0 Å². The van der Waals surface area contributed by atoms with E-state index in [1.165, 1.54) is 5.56 Å². The molecule has 1 aliphatic rings. The summed E-state index contributed by atoms with van der Waals surface area (Å²) in [5, 5.41) is 15.5. The highest BCUT2D eigenvalue weighted by molar-refractivity contribution is 5.78. The Bertz CT molecular complexity index is 903. The van der Waals surface area contributed by atoms with Crippen molar-refractivity contribution in [1.29, 1.82) is 0 Å². The summed E-state index contributed by atoms with van der Waals surface area (Å²) in [4.78, 5) is 0. The van der Waals surface area contributed by atoms with Crippen LogP contribution in [0.25, 0.3) is 22.3 Å². The van der Waals surface area contributed by atoms with Gasteiger partial charge in [-0.25, -0.2) is 0 Å². The van der Waals surface area contributed by atoms with Crippen LogP contribution in [-0.2, 0) is 0 Å². The fourth-order valence-electron chi connectivity index (χ4n) is 3.00. The van der Waals surface area contributed by atoms with Crippen molar-refractivity contribution in [1.82, 2.24) is 0 Å². The molecule has 0 saturated heterocycles. The maximum Gasteiger partial charge on any atom is 0.314 e. The third kappa shape index (κ3) is 2.58. The molecule has 3 aromatic rings. The fourth-order valence-corrected chi connectivity index (χ4v) is 3.00. The van der Waals surface area contributed by atoms with Crippen molar-refractivity contribution in [3.05, 3.63) is 90.1 Å². The van der Waals surface area contributed by atoms with Crippen molar-refractivity contribution in [3.63, 3.8) is 0 Å². The van der Waals surface area contributed by atoms with E-state index in [0.29, 0.717) is 6.17 Å². The van der Waals surface area contributed by atoms with Gasteiger partial charge in [-0.05, 0) is 51.4 Å². The minimum absolute atomic E-state index is 0.551. The van der Waals surface area contributed by atoms with Crippen LogP contribution in [0.1, 0.15) is 11.1 Å². The Balaban J connectivity index is 1.94. The Morgan fingerprint density at radius 1 is 0.667 bits per heavy atom. The predicted molar refractivity (Wildman–Crippen MR) is 94.1 cm³/mol. The lowest BCUT2D eigenvalue weighted by molar-refractivity contribution is 1.02. The lowest BCUT2D eigenvalue weighted by Crippen LogP contribution is -1.98. The molecular weight excluding hydrogens is 296 g/mol. The SMILES string of the molecule is Cc1cc(-c2ccccc2)cc([C+]2N=NN=N2)c1-c1ccccc1. The van der Waals surface area contributed by atoms with E-state index in [2.05, 4.69) is 64.0 Å². The first-order valence-corrected chi connectivity index (χ1v) is 7.77. The second kappa shape index (κ2) is 6.08. The van der Waals surface area contributed by atoms with Gasteiger partial charge in [0.1, 0.15) is 0 Å². The molecule has 0 radical (unpaired) electrons. The molecular formula is C20H15N4+. The Kier molecular flexibility index (Phi) is 3.63. The van der Waals surface area contributed by atoms with Gasteiger partial charge in [0.05, 0.1) is 11.6 Å². The zero-order chi connectivity index (χ0) is 16.4. The Hall–Kier alpha value is -3.27. The summed E-state index contributed by atoms with van der Waals surface area (Å²) in [6, 6.07) is 24.9. The highest BCUT2D eigenvalue weighted by Gasteiger charge is 2.31. The third-order valence-corrected chi connectivity index (χ3v) is 4.06. The van der Waals surface area contributed by atoms with E-state index >= 15 is 0 Å². The summed E-state index contributed by atoms with van der Waals surface area (Å²) in [6.45, 7) is 2.11. The maximum atomic E-state index is 4.08. The van der Waals surface area contributed by atoms with Gasteiger partial charge in [0.15, 0.2) is 5.56 Å². The lowest BCUT2D eigenvalue weighted by Gasteiger charge is -2.08. The van der Waals surface area contributed by atoms with Crippen molar-refractivity contribution in [2.24, 2.45) is 20.7 Å². The smallest absolute Gasteiger partial charge is 0.0622 e. The first kappa shape index (κ1) is 14.3. The number of rotatable bonds is 3. The van der Waals surface area contributed by atoms with Crippen molar-refractivity contribution in [3.8, 4) is 22.3 Å². The van der Waals surface area contributed by atoms with Crippen molar-refractivity contribution >= 4 is 0 Å². The summed E-state index contributed by atoms with van der Waals surface area (Å²) in [6.07, 6.45) is 0.551. The fraction of sp³-hybridized carbons (Fsp3) is 0.0500. The van der Waals surface area contributed by atoms with Gasteiger partial charge in [0, 0.05) is 16.7 Å². The predicted octanol–water partition coefficient (Wildman–Crippen LogP) is 6.00. The van der Waals surface area contributed by atoms with Crippen LogP contribution in [0.2, 0.25) is 0 Å². The molecule has 0 saturated carbocycles. The molecule has 1 aliphatic heterocycles. The van der Waals surface area contributed by atoms with E-state index in [9.17, 15) is 0 Å². The number of hydrogen-bond donors (Lipinski definition) is 0. The van der Waals surface area contributed by atoms with Crippen LogP contribution in [0.15, 0.2) is 93.5 Å². The average Bonchev–Trinajstić information content (AvgIpc) is 3.17. The molecule has 0 unspecified atom stereocenters. The largest absolute Gasteiger partial charge is 0.314 e. The normalized spacial score (nSPS) is 12.8. The summed E-state index contributed by atoms with van der Waals surface area (Å²) < 4.78 is 0. The minimum Gasteiger partial charge on any atom is -0.0622 e. The first-order chi connectivity index (χ1) is 11.8. The Labute approximate surface area is 140 Å². The number of hydrogen-bond acceptors (Lipinski definition) is 4. The average molecular weight is 311 g/mol. The van der Waals surface area contributed by atoms with Crippen LogP contribution in [0.5, 0.6) is 0 Å². The van der Waals surface area contributed by atoms with Gasteiger partial charge in [-0.2, -0.15) is 0 Å². The monoisotopic (exact) mass is 311 g/mol. The summed E-state index contributed by atoms with van der Waals surface area (Å²) in [5.74, 6) is 0. The van der Waals surface area contributed by atoms with Crippen molar-refractivity contribution in [2.75, 3.05) is 0 Å². The molecule has 0 N–H and O–H groups in total. The second-order valence-corrected chi connectivity index (χ2v) is 5.65. The molecule has 0 aromatic heterocycles. The molecule has 3 aromatic carbocycles. The Morgan fingerprint density at radius 2 is 1.25 bits per heavy atom. The number of aryl methyl sites for hydroxylation is 1. The molecule has 24 heavy (non-hydrogen) atoms. The zero-order valence-electron chi connectivity index (χ0n) is 13.2. The number of nitrogens with zero attached hydrogens (tertiary/aromatic N) is 4. The van der Waals surface area contributed by atoms with Crippen LogP contribution in [-0.4, -0.2) is 0 Å². The van der Waals surface area contributed by atoms with Crippen LogP contribution in [0, 0.1) is 13.1 Å². The van der Waals surface area contributed by atoms with Gasteiger partial charge in [0.2, 0.25) is 0 Å². The van der Waals surface area contributed by atoms with Gasteiger partial charge in [0.25, 0.3) is 0 Å². The van der Waals surface area contributed by atoms with Gasteiger partial charge >= 0.3 is 6.17 Å². The van der Waals surface area contributed by atoms with Crippen molar-refractivity contribution < 1.29 is 0 Å². The molecule has 0 atom stereocenters. The third-order valence-electron chi connectivity index (χ3n) is 4.06. The molecule has 0 fully saturated rings. The highest BCUT2D eigenvalue weighted by Crippen LogP contribution is 2.38. The Morgan fingerprint density at radius 3 is 1.88 bits per heavy atom. The van der Waals surface area contributed by atoms with Crippen molar-refractivity contribution in [2.45, 2.75) is 6.92 Å². The second-order valence-electron chi connectivity index (χ2n) is 5.65. The minimum atomic E-state index is 0.551. The van der Waals surface area contributed by atoms with E-state index < -0.39 is 0 Å². The summed E-state index contributed by atoms with van der Waals surface area (Å²) in [7, 11) is 0. The van der Waals surface area contributed by atoms with Gasteiger partial charge in [-0.1, -0.05) is 48.5 Å². The molecule has 4 nitrogen and oxygen atoms in total. The van der Waals surface area contributed by atoms with Crippen LogP contribution in [0.4, 0.5) is 0 Å². The quantitative estimate of drug-likeness (QED) is 0.533.